The molecular formula is C90H99N9. The first-order valence-corrected chi connectivity index (χ1v) is 36.4. The van der Waals surface area contributed by atoms with Crippen LogP contribution in [0.3, 0.4) is 0 Å². The van der Waals surface area contributed by atoms with Gasteiger partial charge in [0.2, 0.25) is 0 Å². The second-order valence-corrected chi connectivity index (χ2v) is 25.2. The molecule has 0 spiro atoms. The molecule has 0 radical (unpaired) electrons. The lowest BCUT2D eigenvalue weighted by Crippen LogP contribution is -2.25. The van der Waals surface area contributed by atoms with E-state index in [9.17, 15) is 0 Å². The van der Waals surface area contributed by atoms with Crippen LogP contribution in [0.4, 0.5) is 17.1 Å². The summed E-state index contributed by atoms with van der Waals surface area (Å²) in [6, 6.07) is 88.9. The molecule has 0 unspecified atom stereocenters. The molecule has 0 saturated heterocycles. The number of aromatic nitrogens is 6. The third kappa shape index (κ3) is 20.8. The van der Waals surface area contributed by atoms with Crippen molar-refractivity contribution >= 4 is 17.1 Å². The number of pyridine rings is 6. The number of rotatable bonds is 30. The maximum Gasteiger partial charge on any atom is 0.0899 e. The molecule has 504 valence electrons. The van der Waals surface area contributed by atoms with E-state index < -0.39 is 0 Å². The van der Waals surface area contributed by atoms with E-state index in [0.717, 1.165) is 118 Å². The zero-order chi connectivity index (χ0) is 68.6. The molecule has 0 aliphatic heterocycles. The number of hydrogen-bond acceptors (Lipinski definition) is 9. The Morgan fingerprint density at radius 1 is 0.212 bits per heavy atom. The predicted octanol–water partition coefficient (Wildman–Crippen LogP) is 23.7. The van der Waals surface area contributed by atoms with E-state index in [1.807, 2.05) is 104 Å². The lowest BCUT2D eigenvalue weighted by Gasteiger charge is -2.25. The van der Waals surface area contributed by atoms with Gasteiger partial charge in [-0.2, -0.15) is 0 Å². The van der Waals surface area contributed by atoms with Crippen molar-refractivity contribution in [1.82, 2.24) is 29.9 Å². The molecule has 0 fully saturated rings. The van der Waals surface area contributed by atoms with Crippen LogP contribution >= 0.6 is 0 Å². The first kappa shape index (κ1) is 71.4. The molecule has 99 heavy (non-hydrogen) atoms. The van der Waals surface area contributed by atoms with Crippen LogP contribution in [0.2, 0.25) is 0 Å². The van der Waals surface area contributed by atoms with E-state index in [1.54, 1.807) is 0 Å². The van der Waals surface area contributed by atoms with Crippen molar-refractivity contribution in [3.63, 3.8) is 0 Å². The van der Waals surface area contributed by atoms with Crippen LogP contribution in [-0.2, 0) is 0 Å². The minimum Gasteiger partial charge on any atom is -0.372 e. The third-order valence-corrected chi connectivity index (χ3v) is 18.1. The van der Waals surface area contributed by atoms with Gasteiger partial charge in [-0.25, -0.2) is 15.0 Å². The van der Waals surface area contributed by atoms with Gasteiger partial charge < -0.3 is 14.7 Å². The lowest BCUT2D eigenvalue weighted by atomic mass is 10.0. The van der Waals surface area contributed by atoms with Crippen LogP contribution in [0.1, 0.15) is 119 Å². The third-order valence-electron chi connectivity index (χ3n) is 18.1. The van der Waals surface area contributed by atoms with Crippen LogP contribution in [0.15, 0.2) is 273 Å². The highest BCUT2D eigenvalue weighted by atomic mass is 15.1. The molecule has 12 rings (SSSR count). The molecule has 0 bridgehead atoms. The first-order valence-electron chi connectivity index (χ1n) is 36.4. The number of hydrogen-bond donors (Lipinski definition) is 0. The maximum atomic E-state index is 4.97. The van der Waals surface area contributed by atoms with E-state index in [0.29, 0.717) is 0 Å². The SMILES string of the molecule is CCCCCCN(CCCCCC)c1ccc(-c2cc(-c3ccccc3)nc(-c3ccccn3)c2)cc1.CCCCN(CCCC)c1ccc(-c2cc(-c3ccccc3)nc(-c3ccccn3)c2)cc1.CCN(CC)c1ccc(-c2cc(-c3ccccc3)nc(-c3ccccn3)c2)cc1. The fourth-order valence-electron chi connectivity index (χ4n) is 12.4. The fourth-order valence-corrected chi connectivity index (χ4v) is 12.4. The summed E-state index contributed by atoms with van der Waals surface area (Å²) in [4.78, 5) is 35.9. The van der Waals surface area contributed by atoms with E-state index in [4.69, 9.17) is 15.0 Å². The normalized spacial score (nSPS) is 10.8. The van der Waals surface area contributed by atoms with Crippen LogP contribution in [0.5, 0.6) is 0 Å². The molecule has 6 heterocycles. The van der Waals surface area contributed by atoms with Crippen LogP contribution < -0.4 is 14.7 Å². The number of unbranched alkanes of at least 4 members (excludes halogenated alkanes) is 8. The van der Waals surface area contributed by atoms with E-state index in [2.05, 4.69) is 241 Å². The quantitative estimate of drug-likeness (QED) is 0.0409. The first-order chi connectivity index (χ1) is 48.8. The summed E-state index contributed by atoms with van der Waals surface area (Å²) in [6.07, 6.45) is 20.7. The van der Waals surface area contributed by atoms with Gasteiger partial charge in [-0.1, -0.05) is 225 Å². The highest BCUT2D eigenvalue weighted by Gasteiger charge is 2.16. The second-order valence-electron chi connectivity index (χ2n) is 25.2. The topological polar surface area (TPSA) is 87.1 Å². The number of benzene rings is 6. The van der Waals surface area contributed by atoms with Crippen molar-refractivity contribution in [3.8, 4) is 101 Å². The van der Waals surface area contributed by atoms with Crippen molar-refractivity contribution < 1.29 is 0 Å². The monoisotopic (exact) mass is 1310 g/mol. The Hall–Kier alpha value is -10.4. The highest BCUT2D eigenvalue weighted by molar-refractivity contribution is 5.80. The Balaban J connectivity index is 0.000000162. The average Bonchev–Trinajstić information content (AvgIpc) is 0.829. The van der Waals surface area contributed by atoms with Gasteiger partial charge >= 0.3 is 0 Å². The Morgan fingerprint density at radius 3 is 0.758 bits per heavy atom. The Kier molecular flexibility index (Phi) is 27.8. The molecule has 6 aromatic heterocycles. The Morgan fingerprint density at radius 2 is 0.485 bits per heavy atom. The van der Waals surface area contributed by atoms with E-state index >= 15 is 0 Å². The highest BCUT2D eigenvalue weighted by Crippen LogP contribution is 2.35. The minimum absolute atomic E-state index is 0.881. The Bertz CT molecular complexity index is 4050. The van der Waals surface area contributed by atoms with Gasteiger partial charge in [0.25, 0.3) is 0 Å². The summed E-state index contributed by atoms with van der Waals surface area (Å²) in [5.41, 5.74) is 22.5. The zero-order valence-electron chi connectivity index (χ0n) is 59.2. The van der Waals surface area contributed by atoms with Crippen LogP contribution in [-0.4, -0.2) is 69.2 Å². The van der Waals surface area contributed by atoms with Crippen molar-refractivity contribution in [1.29, 1.82) is 0 Å². The van der Waals surface area contributed by atoms with Gasteiger partial charge in [0, 0.05) is 91.6 Å². The smallest absolute Gasteiger partial charge is 0.0899 e. The molecule has 12 aromatic rings. The molecule has 0 amide bonds. The molecule has 6 aromatic carbocycles. The van der Waals surface area contributed by atoms with Crippen molar-refractivity contribution in [2.75, 3.05) is 54.0 Å². The lowest BCUT2D eigenvalue weighted by molar-refractivity contribution is 0.609. The maximum absolute atomic E-state index is 4.97. The predicted molar refractivity (Wildman–Crippen MR) is 421 cm³/mol. The van der Waals surface area contributed by atoms with E-state index in [-0.39, 0.29) is 0 Å². The van der Waals surface area contributed by atoms with Gasteiger partial charge in [-0.3, -0.25) is 15.0 Å². The van der Waals surface area contributed by atoms with Gasteiger partial charge in [0.05, 0.1) is 51.2 Å². The largest absolute Gasteiger partial charge is 0.372 e. The summed E-state index contributed by atoms with van der Waals surface area (Å²) < 4.78 is 0. The molecular weight excluding hydrogens is 1210 g/mol. The standard InChI is InChI=1S/C34H41N3.C30H33N3.C26H25N3/c1-3-5-7-14-24-37(25-15-8-6-4-2)31-21-19-28(20-22-31)30-26-33(29-16-10-9-11-17-29)36-34(27-30)32-18-12-13-23-35-32;1-3-5-20-33(21-6-4-2)27-17-15-24(16-18-27)26-22-29(25-12-8-7-9-13-25)32-30(23-26)28-14-10-11-19-31-28;1-3-29(4-2)23-15-13-20(14-16-23)22-18-25(21-10-6-5-7-11-21)28-26(19-22)24-12-8-9-17-27-24/h9-13,16-23,26-27H,3-8,14-15,24-25H2,1-2H3;7-19,22-23H,3-6,20-21H2,1-2H3;5-19H,3-4H2,1-2H3. The number of nitrogens with zero attached hydrogens (tertiary/aromatic N) is 9. The zero-order valence-corrected chi connectivity index (χ0v) is 59.2. The fraction of sp³-hybridized carbons (Fsp3) is 0.267. The van der Waals surface area contributed by atoms with Gasteiger partial charge in [0.1, 0.15) is 0 Å². The summed E-state index contributed by atoms with van der Waals surface area (Å²) >= 11 is 0. The molecule has 0 N–H and O–H groups in total. The van der Waals surface area contributed by atoms with Crippen LogP contribution in [0, 0.1) is 0 Å². The molecule has 9 nitrogen and oxygen atoms in total. The summed E-state index contributed by atoms with van der Waals surface area (Å²) in [5, 5.41) is 0. The summed E-state index contributed by atoms with van der Waals surface area (Å²) in [6.45, 7) is 20.0. The van der Waals surface area contributed by atoms with Gasteiger partial charge in [-0.05, 0) is 182 Å². The van der Waals surface area contributed by atoms with E-state index in [1.165, 1.54) is 116 Å². The molecule has 9 heteroatoms. The van der Waals surface area contributed by atoms with Gasteiger partial charge in [-0.15, -0.1) is 0 Å². The van der Waals surface area contributed by atoms with Crippen molar-refractivity contribution in [3.05, 3.63) is 273 Å². The van der Waals surface area contributed by atoms with Crippen LogP contribution in [0.25, 0.3) is 101 Å². The molecule has 0 aliphatic carbocycles. The summed E-state index contributed by atoms with van der Waals surface area (Å²) in [7, 11) is 0. The molecule has 0 saturated carbocycles. The van der Waals surface area contributed by atoms with Crippen molar-refractivity contribution in [2.24, 2.45) is 0 Å². The molecule has 0 atom stereocenters. The van der Waals surface area contributed by atoms with Crippen molar-refractivity contribution in [2.45, 2.75) is 119 Å². The second kappa shape index (κ2) is 38.5. The molecule has 0 aliphatic rings. The average molecular weight is 1310 g/mol. The number of anilines is 3. The Labute approximate surface area is 590 Å². The van der Waals surface area contributed by atoms with Gasteiger partial charge in [0.15, 0.2) is 0 Å². The summed E-state index contributed by atoms with van der Waals surface area (Å²) in [5.74, 6) is 0. The minimum atomic E-state index is 0.881.